The smallest absolute Gasteiger partial charge is 0.0708 e. The molecule has 0 aliphatic carbocycles. The van der Waals surface area contributed by atoms with Crippen LogP contribution in [0.4, 0.5) is 0 Å². The number of hydrogen-bond donors (Lipinski definition) is 1. The zero-order chi connectivity index (χ0) is 11.7. The second-order valence-electron chi connectivity index (χ2n) is 5.21. The molecule has 0 saturated carbocycles. The summed E-state index contributed by atoms with van der Waals surface area (Å²) in [4.78, 5) is 4.09. The van der Waals surface area contributed by atoms with Gasteiger partial charge in [-0.25, -0.2) is 0 Å². The number of hydrogen-bond acceptors (Lipinski definition) is 2. The summed E-state index contributed by atoms with van der Waals surface area (Å²) < 4.78 is 0.949. The van der Waals surface area contributed by atoms with Gasteiger partial charge in [-0.1, -0.05) is 20.8 Å². The summed E-state index contributed by atoms with van der Waals surface area (Å²) in [5, 5.41) is 10.4. The second kappa shape index (κ2) is 4.22. The Balaban J connectivity index is 2.87. The zero-order valence-electron chi connectivity index (χ0n) is 9.71. The normalized spacial score (nSPS) is 16.1. The zero-order valence-corrected chi connectivity index (χ0v) is 11.3. The van der Waals surface area contributed by atoms with Crippen molar-refractivity contribution in [1.82, 2.24) is 4.98 Å². The standard InChI is InChI=1S/C12H18BrNO/c1-11(2,3)12(4,15)6-9-5-10(13)8-14-7-9/h5,7-8,15H,6H2,1-4H3. The highest BCUT2D eigenvalue weighted by Crippen LogP contribution is 2.33. The molecule has 0 spiro atoms. The molecule has 1 atom stereocenters. The van der Waals surface area contributed by atoms with E-state index in [1.165, 1.54) is 0 Å². The highest BCUT2D eigenvalue weighted by molar-refractivity contribution is 9.10. The fraction of sp³-hybridized carbons (Fsp3) is 0.583. The highest BCUT2D eigenvalue weighted by atomic mass is 79.9. The third kappa shape index (κ3) is 3.28. The Labute approximate surface area is 99.9 Å². The Morgan fingerprint density at radius 3 is 2.33 bits per heavy atom. The molecule has 1 unspecified atom stereocenters. The van der Waals surface area contributed by atoms with E-state index in [1.807, 2.05) is 33.8 Å². The van der Waals surface area contributed by atoms with Crippen LogP contribution in [-0.4, -0.2) is 15.7 Å². The Morgan fingerprint density at radius 1 is 1.27 bits per heavy atom. The second-order valence-corrected chi connectivity index (χ2v) is 6.13. The molecule has 1 heterocycles. The molecule has 3 heteroatoms. The lowest BCUT2D eigenvalue weighted by atomic mass is 9.74. The monoisotopic (exact) mass is 271 g/mol. The number of aliphatic hydroxyl groups is 1. The van der Waals surface area contributed by atoms with Crippen molar-refractivity contribution in [2.75, 3.05) is 0 Å². The minimum atomic E-state index is -0.727. The van der Waals surface area contributed by atoms with Crippen LogP contribution in [0.3, 0.4) is 0 Å². The van der Waals surface area contributed by atoms with Crippen molar-refractivity contribution in [2.24, 2.45) is 5.41 Å². The van der Waals surface area contributed by atoms with Gasteiger partial charge < -0.3 is 5.11 Å². The lowest BCUT2D eigenvalue weighted by Crippen LogP contribution is -2.41. The maximum absolute atomic E-state index is 10.4. The first kappa shape index (κ1) is 12.7. The first-order chi connectivity index (χ1) is 6.72. The molecule has 0 saturated heterocycles. The molecule has 0 aromatic carbocycles. The van der Waals surface area contributed by atoms with E-state index in [4.69, 9.17) is 0 Å². The lowest BCUT2D eigenvalue weighted by molar-refractivity contribution is -0.0406. The summed E-state index contributed by atoms with van der Waals surface area (Å²) >= 11 is 3.38. The van der Waals surface area contributed by atoms with Gasteiger partial charge in [0.05, 0.1) is 5.60 Å². The molecule has 0 fully saturated rings. The number of rotatable bonds is 2. The molecule has 0 radical (unpaired) electrons. The average Bonchev–Trinajstić information content (AvgIpc) is 2.00. The van der Waals surface area contributed by atoms with Crippen molar-refractivity contribution in [3.63, 3.8) is 0 Å². The maximum Gasteiger partial charge on any atom is 0.0708 e. The molecule has 0 aliphatic heterocycles. The van der Waals surface area contributed by atoms with Crippen molar-refractivity contribution >= 4 is 15.9 Å². The fourth-order valence-corrected chi connectivity index (χ4v) is 1.63. The first-order valence-corrected chi connectivity index (χ1v) is 5.83. The van der Waals surface area contributed by atoms with Crippen molar-refractivity contribution in [2.45, 2.75) is 39.7 Å². The van der Waals surface area contributed by atoms with Gasteiger partial charge in [0, 0.05) is 23.3 Å². The topological polar surface area (TPSA) is 33.1 Å². The van der Waals surface area contributed by atoms with E-state index in [-0.39, 0.29) is 5.41 Å². The van der Waals surface area contributed by atoms with Gasteiger partial charge >= 0.3 is 0 Å². The van der Waals surface area contributed by atoms with Gasteiger partial charge in [-0.05, 0) is 39.9 Å². The van der Waals surface area contributed by atoms with E-state index in [0.29, 0.717) is 6.42 Å². The van der Waals surface area contributed by atoms with Crippen LogP contribution in [0.15, 0.2) is 22.9 Å². The third-order valence-electron chi connectivity index (χ3n) is 2.93. The maximum atomic E-state index is 10.4. The molecular weight excluding hydrogens is 254 g/mol. The molecule has 1 aromatic rings. The van der Waals surface area contributed by atoms with Crippen molar-refractivity contribution < 1.29 is 5.11 Å². The van der Waals surface area contributed by atoms with Gasteiger partial charge in [-0.3, -0.25) is 4.98 Å². The fourth-order valence-electron chi connectivity index (χ4n) is 1.22. The van der Waals surface area contributed by atoms with Gasteiger partial charge in [0.2, 0.25) is 0 Å². The molecular formula is C12H18BrNO. The van der Waals surface area contributed by atoms with Crippen LogP contribution in [-0.2, 0) is 6.42 Å². The van der Waals surface area contributed by atoms with Crippen LogP contribution in [0.2, 0.25) is 0 Å². The predicted octanol–water partition coefficient (Wildman–Crippen LogP) is 3.18. The van der Waals surface area contributed by atoms with E-state index in [1.54, 1.807) is 12.4 Å². The largest absolute Gasteiger partial charge is 0.389 e. The minimum Gasteiger partial charge on any atom is -0.389 e. The summed E-state index contributed by atoms with van der Waals surface area (Å²) in [7, 11) is 0. The van der Waals surface area contributed by atoms with Crippen LogP contribution in [0.1, 0.15) is 33.3 Å². The Hall–Kier alpha value is -0.410. The third-order valence-corrected chi connectivity index (χ3v) is 3.36. The lowest BCUT2D eigenvalue weighted by Gasteiger charge is -2.37. The molecule has 2 nitrogen and oxygen atoms in total. The van der Waals surface area contributed by atoms with Crippen LogP contribution >= 0.6 is 15.9 Å². The van der Waals surface area contributed by atoms with E-state index in [2.05, 4.69) is 20.9 Å². The summed E-state index contributed by atoms with van der Waals surface area (Å²) in [6, 6.07) is 1.99. The van der Waals surface area contributed by atoms with Crippen LogP contribution in [0.25, 0.3) is 0 Å². The van der Waals surface area contributed by atoms with Crippen LogP contribution < -0.4 is 0 Å². The van der Waals surface area contributed by atoms with Crippen LogP contribution in [0.5, 0.6) is 0 Å². The van der Waals surface area contributed by atoms with Crippen LogP contribution in [0, 0.1) is 5.41 Å². The SMILES string of the molecule is CC(C)(C)C(C)(O)Cc1cncc(Br)c1. The van der Waals surface area contributed by atoms with E-state index < -0.39 is 5.60 Å². The van der Waals surface area contributed by atoms with E-state index in [0.717, 1.165) is 10.0 Å². The Kier molecular flexibility index (Phi) is 3.56. The number of nitrogens with zero attached hydrogens (tertiary/aromatic N) is 1. The predicted molar refractivity (Wildman–Crippen MR) is 65.7 cm³/mol. The van der Waals surface area contributed by atoms with E-state index >= 15 is 0 Å². The molecule has 1 rings (SSSR count). The molecule has 0 aliphatic rings. The van der Waals surface area contributed by atoms with E-state index in [9.17, 15) is 5.11 Å². The molecule has 0 bridgehead atoms. The van der Waals surface area contributed by atoms with Gasteiger partial charge in [0.25, 0.3) is 0 Å². The molecule has 84 valence electrons. The first-order valence-electron chi connectivity index (χ1n) is 5.04. The van der Waals surface area contributed by atoms with Gasteiger partial charge in [-0.15, -0.1) is 0 Å². The average molecular weight is 272 g/mol. The molecule has 1 N–H and O–H groups in total. The van der Waals surface area contributed by atoms with Crippen molar-refractivity contribution in [1.29, 1.82) is 0 Å². The van der Waals surface area contributed by atoms with Gasteiger partial charge in [-0.2, -0.15) is 0 Å². The number of aromatic nitrogens is 1. The summed E-state index contributed by atoms with van der Waals surface area (Å²) in [5.74, 6) is 0. The minimum absolute atomic E-state index is 0.144. The highest BCUT2D eigenvalue weighted by Gasteiger charge is 2.35. The molecule has 15 heavy (non-hydrogen) atoms. The summed E-state index contributed by atoms with van der Waals surface area (Å²) in [6.07, 6.45) is 4.16. The Morgan fingerprint density at radius 2 is 1.87 bits per heavy atom. The molecule has 1 aromatic heterocycles. The van der Waals surface area contributed by atoms with Crippen molar-refractivity contribution in [3.05, 3.63) is 28.5 Å². The number of halogens is 1. The summed E-state index contributed by atoms with van der Waals surface area (Å²) in [6.45, 7) is 7.99. The van der Waals surface area contributed by atoms with Gasteiger partial charge in [0.15, 0.2) is 0 Å². The van der Waals surface area contributed by atoms with Crippen molar-refractivity contribution in [3.8, 4) is 0 Å². The Bertz CT molecular complexity index is 342. The summed E-state index contributed by atoms with van der Waals surface area (Å²) in [5.41, 5.74) is 0.175. The molecule has 0 amide bonds. The quantitative estimate of drug-likeness (QED) is 0.897. The van der Waals surface area contributed by atoms with Gasteiger partial charge in [0.1, 0.15) is 0 Å². The number of pyridine rings is 1.